The van der Waals surface area contributed by atoms with Crippen molar-refractivity contribution in [1.82, 2.24) is 0 Å². The Bertz CT molecular complexity index is 723. The van der Waals surface area contributed by atoms with E-state index < -0.39 is 23.6 Å². The topological polar surface area (TPSA) is 46.5 Å². The van der Waals surface area contributed by atoms with E-state index in [9.17, 15) is 18.0 Å². The van der Waals surface area contributed by atoms with E-state index >= 15 is 0 Å². The molecule has 0 heterocycles. The standard InChI is InChI=1S/C17H15F3O3/c1-10(16(21)22)11-6-7-14(15(9-11)17(18,19)20)12-4-3-5-13(8-12)23-2/h3-10H,1-2H3,(H,21,22). The lowest BCUT2D eigenvalue weighted by atomic mass is 9.92. The van der Waals surface area contributed by atoms with Crippen LogP contribution in [-0.2, 0) is 11.0 Å². The van der Waals surface area contributed by atoms with Gasteiger partial charge in [-0.1, -0.05) is 24.3 Å². The molecule has 0 radical (unpaired) electrons. The molecule has 0 aliphatic carbocycles. The molecule has 0 saturated heterocycles. The zero-order chi connectivity index (χ0) is 17.2. The summed E-state index contributed by atoms with van der Waals surface area (Å²) >= 11 is 0. The van der Waals surface area contributed by atoms with Crippen molar-refractivity contribution in [3.8, 4) is 16.9 Å². The number of carbonyl (C=O) groups is 1. The Morgan fingerprint density at radius 2 is 1.87 bits per heavy atom. The first kappa shape index (κ1) is 16.9. The maximum atomic E-state index is 13.4. The summed E-state index contributed by atoms with van der Waals surface area (Å²) in [5, 5.41) is 8.99. The van der Waals surface area contributed by atoms with E-state index in [4.69, 9.17) is 9.84 Å². The molecule has 0 bridgehead atoms. The third kappa shape index (κ3) is 3.64. The number of hydrogen-bond donors (Lipinski definition) is 1. The fourth-order valence-corrected chi connectivity index (χ4v) is 2.25. The van der Waals surface area contributed by atoms with Crippen LogP contribution in [0.4, 0.5) is 13.2 Å². The highest BCUT2D eigenvalue weighted by molar-refractivity contribution is 5.77. The number of ether oxygens (including phenoxy) is 1. The van der Waals surface area contributed by atoms with Crippen molar-refractivity contribution in [3.63, 3.8) is 0 Å². The van der Waals surface area contributed by atoms with Gasteiger partial charge in [0.05, 0.1) is 18.6 Å². The third-order valence-electron chi connectivity index (χ3n) is 3.60. The van der Waals surface area contributed by atoms with Gasteiger partial charge in [-0.05, 0) is 41.8 Å². The van der Waals surface area contributed by atoms with Crippen LogP contribution in [0.15, 0.2) is 42.5 Å². The normalized spacial score (nSPS) is 12.7. The van der Waals surface area contributed by atoms with Crippen molar-refractivity contribution in [2.24, 2.45) is 0 Å². The minimum Gasteiger partial charge on any atom is -0.497 e. The van der Waals surface area contributed by atoms with Crippen LogP contribution in [0.1, 0.15) is 24.0 Å². The van der Waals surface area contributed by atoms with Gasteiger partial charge in [0.1, 0.15) is 5.75 Å². The van der Waals surface area contributed by atoms with Crippen molar-refractivity contribution >= 4 is 5.97 Å². The van der Waals surface area contributed by atoms with E-state index in [1.54, 1.807) is 18.2 Å². The molecule has 3 nitrogen and oxygen atoms in total. The third-order valence-corrected chi connectivity index (χ3v) is 3.60. The van der Waals surface area contributed by atoms with Crippen molar-refractivity contribution in [2.45, 2.75) is 19.0 Å². The van der Waals surface area contributed by atoms with Crippen molar-refractivity contribution in [2.75, 3.05) is 7.11 Å². The molecule has 2 aromatic carbocycles. The van der Waals surface area contributed by atoms with Gasteiger partial charge in [-0.25, -0.2) is 0 Å². The van der Waals surface area contributed by atoms with Crippen LogP contribution in [0.25, 0.3) is 11.1 Å². The van der Waals surface area contributed by atoms with Gasteiger partial charge in [-0.2, -0.15) is 13.2 Å². The SMILES string of the molecule is COc1cccc(-c2ccc(C(C)C(=O)O)cc2C(F)(F)F)c1. The maximum Gasteiger partial charge on any atom is 0.417 e. The number of methoxy groups -OCH3 is 1. The van der Waals surface area contributed by atoms with Crippen LogP contribution in [0, 0.1) is 0 Å². The number of hydrogen-bond acceptors (Lipinski definition) is 2. The first-order chi connectivity index (χ1) is 10.7. The Balaban J connectivity index is 2.61. The van der Waals surface area contributed by atoms with Crippen LogP contribution in [-0.4, -0.2) is 18.2 Å². The zero-order valence-electron chi connectivity index (χ0n) is 12.5. The van der Waals surface area contributed by atoms with Gasteiger partial charge in [0.2, 0.25) is 0 Å². The molecule has 0 saturated carbocycles. The Labute approximate surface area is 131 Å². The highest BCUT2D eigenvalue weighted by Gasteiger charge is 2.34. The molecule has 0 aromatic heterocycles. The van der Waals surface area contributed by atoms with Crippen molar-refractivity contribution in [3.05, 3.63) is 53.6 Å². The fourth-order valence-electron chi connectivity index (χ4n) is 2.25. The minimum atomic E-state index is -4.59. The minimum absolute atomic E-state index is 0.0160. The molecule has 122 valence electrons. The first-order valence-corrected chi connectivity index (χ1v) is 6.82. The van der Waals surface area contributed by atoms with Crippen LogP contribution in [0.2, 0.25) is 0 Å². The summed E-state index contributed by atoms with van der Waals surface area (Å²) in [5.74, 6) is -1.75. The highest BCUT2D eigenvalue weighted by Crippen LogP contribution is 2.39. The van der Waals surface area contributed by atoms with E-state index in [2.05, 4.69) is 0 Å². The van der Waals surface area contributed by atoms with Crippen molar-refractivity contribution < 1.29 is 27.8 Å². The first-order valence-electron chi connectivity index (χ1n) is 6.82. The van der Waals surface area contributed by atoms with Gasteiger partial charge in [-0.15, -0.1) is 0 Å². The van der Waals surface area contributed by atoms with Crippen LogP contribution in [0.5, 0.6) is 5.75 Å². The summed E-state index contributed by atoms with van der Waals surface area (Å²) in [6.07, 6.45) is -4.59. The number of halogens is 3. The van der Waals surface area contributed by atoms with Crippen LogP contribution in [0.3, 0.4) is 0 Å². The van der Waals surface area contributed by atoms with Gasteiger partial charge >= 0.3 is 12.1 Å². The summed E-state index contributed by atoms with van der Waals surface area (Å²) in [5.41, 5.74) is -0.420. The molecule has 2 rings (SSSR count). The monoisotopic (exact) mass is 324 g/mol. The number of aliphatic carboxylic acids is 1. The molecular formula is C17H15F3O3. The van der Waals surface area contributed by atoms with Gasteiger partial charge < -0.3 is 9.84 Å². The lowest BCUT2D eigenvalue weighted by Crippen LogP contribution is -2.12. The lowest BCUT2D eigenvalue weighted by molar-refractivity contribution is -0.139. The Morgan fingerprint density at radius 3 is 2.43 bits per heavy atom. The maximum absolute atomic E-state index is 13.4. The van der Waals surface area contributed by atoms with Crippen molar-refractivity contribution in [1.29, 1.82) is 0 Å². The van der Waals surface area contributed by atoms with E-state index in [0.29, 0.717) is 11.3 Å². The zero-order valence-corrected chi connectivity index (χ0v) is 12.5. The Hall–Kier alpha value is -2.50. The molecule has 6 heteroatoms. The summed E-state index contributed by atoms with van der Waals surface area (Å²) in [7, 11) is 1.43. The number of carboxylic acid groups (broad SMARTS) is 1. The molecule has 23 heavy (non-hydrogen) atoms. The molecule has 2 aromatic rings. The average Bonchev–Trinajstić information content (AvgIpc) is 2.52. The smallest absolute Gasteiger partial charge is 0.417 e. The average molecular weight is 324 g/mol. The van der Waals surface area contributed by atoms with E-state index in [0.717, 1.165) is 6.07 Å². The van der Waals surface area contributed by atoms with Gasteiger partial charge in [0.25, 0.3) is 0 Å². The Kier molecular flexibility index (Phi) is 4.63. The Morgan fingerprint density at radius 1 is 1.17 bits per heavy atom. The second-order valence-corrected chi connectivity index (χ2v) is 5.09. The fraction of sp³-hybridized carbons (Fsp3) is 0.235. The largest absolute Gasteiger partial charge is 0.497 e. The predicted molar refractivity (Wildman–Crippen MR) is 79.5 cm³/mol. The van der Waals surface area contributed by atoms with E-state index in [1.807, 2.05) is 0 Å². The second kappa shape index (κ2) is 6.32. The summed E-state index contributed by atoms with van der Waals surface area (Å²) in [6, 6.07) is 9.89. The summed E-state index contributed by atoms with van der Waals surface area (Å²) < 4.78 is 45.2. The molecule has 0 aliphatic rings. The lowest BCUT2D eigenvalue weighted by Gasteiger charge is -2.16. The summed E-state index contributed by atoms with van der Waals surface area (Å²) in [6.45, 7) is 1.35. The van der Waals surface area contributed by atoms with Gasteiger partial charge in [-0.3, -0.25) is 4.79 Å². The number of rotatable bonds is 4. The van der Waals surface area contributed by atoms with Crippen LogP contribution >= 0.6 is 0 Å². The second-order valence-electron chi connectivity index (χ2n) is 5.09. The van der Waals surface area contributed by atoms with Gasteiger partial charge in [0, 0.05) is 0 Å². The quantitative estimate of drug-likeness (QED) is 0.896. The van der Waals surface area contributed by atoms with Crippen LogP contribution < -0.4 is 4.74 Å². The molecule has 1 unspecified atom stereocenters. The molecular weight excluding hydrogens is 309 g/mol. The molecule has 1 atom stereocenters. The van der Waals surface area contributed by atoms with E-state index in [1.165, 1.54) is 32.2 Å². The number of carboxylic acids is 1. The predicted octanol–water partition coefficient (Wildman–Crippen LogP) is 4.57. The van der Waals surface area contributed by atoms with Gasteiger partial charge in [0.15, 0.2) is 0 Å². The number of alkyl halides is 3. The molecule has 0 fully saturated rings. The summed E-state index contributed by atoms with van der Waals surface area (Å²) in [4.78, 5) is 11.0. The molecule has 1 N–H and O–H groups in total. The number of benzene rings is 2. The molecule has 0 aliphatic heterocycles. The molecule has 0 amide bonds. The molecule has 0 spiro atoms. The van der Waals surface area contributed by atoms with E-state index in [-0.39, 0.29) is 11.1 Å². The highest BCUT2D eigenvalue weighted by atomic mass is 19.4.